The number of imide groups is 1. The lowest BCUT2D eigenvalue weighted by Gasteiger charge is -2.15. The summed E-state index contributed by atoms with van der Waals surface area (Å²) in [6.07, 6.45) is 1.50. The lowest BCUT2D eigenvalue weighted by Crippen LogP contribution is -2.28. The predicted octanol–water partition coefficient (Wildman–Crippen LogP) is 5.10. The van der Waals surface area contributed by atoms with E-state index in [-0.39, 0.29) is 10.6 Å². The van der Waals surface area contributed by atoms with Crippen LogP contribution in [0.3, 0.4) is 0 Å². The van der Waals surface area contributed by atoms with Gasteiger partial charge in [-0.25, -0.2) is 4.90 Å². The van der Waals surface area contributed by atoms with Crippen molar-refractivity contribution in [3.63, 3.8) is 0 Å². The van der Waals surface area contributed by atoms with E-state index in [4.69, 9.17) is 9.15 Å². The van der Waals surface area contributed by atoms with Gasteiger partial charge in [0, 0.05) is 23.8 Å². The van der Waals surface area contributed by atoms with Crippen LogP contribution in [0.2, 0.25) is 0 Å². The van der Waals surface area contributed by atoms with Crippen molar-refractivity contribution in [1.82, 2.24) is 0 Å². The van der Waals surface area contributed by atoms with Crippen molar-refractivity contribution in [2.24, 2.45) is 0 Å². The summed E-state index contributed by atoms with van der Waals surface area (Å²) < 4.78 is 11.0. The summed E-state index contributed by atoms with van der Waals surface area (Å²) in [5.41, 5.74) is 1.01. The highest BCUT2D eigenvalue weighted by Crippen LogP contribution is 2.39. The molecular weight excluding hydrogens is 408 g/mol. The van der Waals surface area contributed by atoms with E-state index in [9.17, 15) is 19.7 Å². The monoisotopic (exact) mass is 422 g/mol. The van der Waals surface area contributed by atoms with Crippen LogP contribution in [0.15, 0.2) is 70.0 Å². The first-order chi connectivity index (χ1) is 14.5. The van der Waals surface area contributed by atoms with E-state index in [2.05, 4.69) is 0 Å². The number of nitro benzene ring substituents is 1. The molecule has 150 valence electrons. The molecule has 3 aromatic rings. The minimum absolute atomic E-state index is 0.0180. The fraction of sp³-hybridized carbons (Fsp3) is 0.0476. The average Bonchev–Trinajstić information content (AvgIpc) is 3.32. The number of hydrogen-bond acceptors (Lipinski definition) is 7. The van der Waals surface area contributed by atoms with Gasteiger partial charge < -0.3 is 9.15 Å². The van der Waals surface area contributed by atoms with Crippen LogP contribution in [0, 0.1) is 10.1 Å². The van der Waals surface area contributed by atoms with Gasteiger partial charge in [0.05, 0.1) is 22.6 Å². The molecule has 0 saturated carbocycles. The predicted molar refractivity (Wildman–Crippen MR) is 112 cm³/mol. The number of methoxy groups -OCH3 is 1. The molecule has 0 radical (unpaired) electrons. The molecule has 1 aliphatic rings. The molecule has 1 saturated heterocycles. The first-order valence-electron chi connectivity index (χ1n) is 8.73. The number of carbonyl (C=O) groups excluding carboxylic acids is 2. The highest BCUT2D eigenvalue weighted by Gasteiger charge is 2.37. The lowest BCUT2D eigenvalue weighted by atomic mass is 10.1. The maximum absolute atomic E-state index is 12.8. The highest BCUT2D eigenvalue weighted by atomic mass is 32.2. The number of thioether (sulfide) groups is 1. The Kier molecular flexibility index (Phi) is 5.11. The second kappa shape index (κ2) is 7.88. The fourth-order valence-electron chi connectivity index (χ4n) is 2.95. The number of rotatable bonds is 5. The number of carbonyl (C=O) groups is 2. The standard InChI is InChI=1S/C21H14N2O6S/c1-28-18-5-3-2-4-16(18)22-20(24)19(30-21(22)25)12-15-10-11-17(29-15)13-6-8-14(9-7-13)23(26)27/h2-12H,1H3/b19-12+. The molecule has 0 N–H and O–H groups in total. The van der Waals surface area contributed by atoms with E-state index < -0.39 is 16.1 Å². The number of anilines is 1. The molecule has 2 heterocycles. The number of ether oxygens (including phenoxy) is 1. The first-order valence-corrected chi connectivity index (χ1v) is 9.55. The Morgan fingerprint density at radius 1 is 1.07 bits per heavy atom. The van der Waals surface area contributed by atoms with Crippen LogP contribution < -0.4 is 9.64 Å². The zero-order chi connectivity index (χ0) is 21.3. The van der Waals surface area contributed by atoms with Gasteiger partial charge in [-0.2, -0.15) is 0 Å². The molecule has 2 aromatic carbocycles. The summed E-state index contributed by atoms with van der Waals surface area (Å²) in [6.45, 7) is 0. The summed E-state index contributed by atoms with van der Waals surface area (Å²) in [4.78, 5) is 36.9. The zero-order valence-corrected chi connectivity index (χ0v) is 16.4. The number of non-ortho nitro benzene ring substituents is 1. The maximum Gasteiger partial charge on any atom is 0.298 e. The van der Waals surface area contributed by atoms with Crippen LogP contribution in [0.25, 0.3) is 17.4 Å². The van der Waals surface area contributed by atoms with Crippen molar-refractivity contribution in [3.8, 4) is 17.1 Å². The molecule has 0 atom stereocenters. The summed E-state index contributed by atoms with van der Waals surface area (Å²) in [7, 11) is 1.47. The second-order valence-electron chi connectivity index (χ2n) is 6.19. The highest BCUT2D eigenvalue weighted by molar-refractivity contribution is 8.19. The van der Waals surface area contributed by atoms with Crippen LogP contribution in [0.5, 0.6) is 5.75 Å². The molecule has 1 fully saturated rings. The Morgan fingerprint density at radius 3 is 2.50 bits per heavy atom. The number of benzene rings is 2. The Labute approximate surface area is 174 Å². The van der Waals surface area contributed by atoms with E-state index in [0.717, 1.165) is 16.7 Å². The van der Waals surface area contributed by atoms with Gasteiger partial charge in [0.15, 0.2) is 0 Å². The number of nitro groups is 1. The number of amides is 2. The second-order valence-corrected chi connectivity index (χ2v) is 7.19. The van der Waals surface area contributed by atoms with Gasteiger partial charge in [0.1, 0.15) is 17.3 Å². The topological polar surface area (TPSA) is 103 Å². The van der Waals surface area contributed by atoms with E-state index >= 15 is 0 Å². The first kappa shape index (κ1) is 19.5. The zero-order valence-electron chi connectivity index (χ0n) is 15.6. The number of nitrogens with zero attached hydrogens (tertiary/aromatic N) is 2. The molecule has 2 amide bonds. The van der Waals surface area contributed by atoms with Gasteiger partial charge in [-0.1, -0.05) is 12.1 Å². The molecule has 8 nitrogen and oxygen atoms in total. The SMILES string of the molecule is COc1ccccc1N1C(=O)S/C(=C/c2ccc(-c3ccc([N+](=O)[O-])cc3)o2)C1=O. The molecule has 9 heteroatoms. The van der Waals surface area contributed by atoms with Crippen molar-refractivity contribution >= 4 is 40.4 Å². The number of furan rings is 1. The summed E-state index contributed by atoms with van der Waals surface area (Å²) in [6, 6.07) is 16.1. The van der Waals surface area contributed by atoms with Crippen LogP contribution in [0.4, 0.5) is 16.2 Å². The van der Waals surface area contributed by atoms with Gasteiger partial charge in [-0.05, 0) is 48.2 Å². The van der Waals surface area contributed by atoms with Gasteiger partial charge >= 0.3 is 0 Å². The third-order valence-corrected chi connectivity index (χ3v) is 5.25. The van der Waals surface area contributed by atoms with Gasteiger partial charge in [-0.3, -0.25) is 19.7 Å². The van der Waals surface area contributed by atoms with Crippen molar-refractivity contribution in [3.05, 3.63) is 81.4 Å². The molecule has 30 heavy (non-hydrogen) atoms. The molecular formula is C21H14N2O6S. The van der Waals surface area contributed by atoms with Crippen LogP contribution in [0.1, 0.15) is 5.76 Å². The normalized spacial score (nSPS) is 15.1. The Balaban J connectivity index is 1.59. The molecule has 0 bridgehead atoms. The third-order valence-electron chi connectivity index (χ3n) is 4.38. The van der Waals surface area contributed by atoms with E-state index in [1.807, 2.05) is 0 Å². The van der Waals surface area contributed by atoms with E-state index in [1.165, 1.54) is 25.3 Å². The van der Waals surface area contributed by atoms with Gasteiger partial charge in [0.2, 0.25) is 0 Å². The molecule has 0 unspecified atom stereocenters. The van der Waals surface area contributed by atoms with E-state index in [0.29, 0.717) is 28.5 Å². The van der Waals surface area contributed by atoms with E-state index in [1.54, 1.807) is 48.5 Å². The van der Waals surface area contributed by atoms with Crippen LogP contribution in [-0.2, 0) is 4.79 Å². The van der Waals surface area contributed by atoms with Crippen molar-refractivity contribution in [2.45, 2.75) is 0 Å². The van der Waals surface area contributed by atoms with Gasteiger partial charge in [0.25, 0.3) is 16.8 Å². The lowest BCUT2D eigenvalue weighted by molar-refractivity contribution is -0.384. The largest absolute Gasteiger partial charge is 0.495 e. The van der Waals surface area contributed by atoms with Crippen LogP contribution >= 0.6 is 11.8 Å². The summed E-state index contributed by atoms with van der Waals surface area (Å²) in [5.74, 6) is 0.816. The van der Waals surface area contributed by atoms with Crippen molar-refractivity contribution < 1.29 is 23.7 Å². The maximum atomic E-state index is 12.8. The number of hydrogen-bond donors (Lipinski definition) is 0. The minimum Gasteiger partial charge on any atom is -0.495 e. The summed E-state index contributed by atoms with van der Waals surface area (Å²) >= 11 is 0.809. The Hall–Kier alpha value is -3.85. The molecule has 1 aromatic heterocycles. The molecule has 0 spiro atoms. The van der Waals surface area contributed by atoms with Crippen LogP contribution in [-0.4, -0.2) is 23.2 Å². The number of para-hydroxylation sites is 2. The quantitative estimate of drug-likeness (QED) is 0.320. The third kappa shape index (κ3) is 3.58. The minimum atomic E-state index is -0.477. The molecule has 4 rings (SSSR count). The van der Waals surface area contributed by atoms with Gasteiger partial charge in [-0.15, -0.1) is 0 Å². The molecule has 0 aliphatic carbocycles. The molecule has 1 aliphatic heterocycles. The van der Waals surface area contributed by atoms with Crippen molar-refractivity contribution in [1.29, 1.82) is 0 Å². The Bertz CT molecular complexity index is 1180. The van der Waals surface area contributed by atoms with Crippen molar-refractivity contribution in [2.75, 3.05) is 12.0 Å². The fourth-order valence-corrected chi connectivity index (χ4v) is 3.77. The summed E-state index contributed by atoms with van der Waals surface area (Å²) in [5, 5.41) is 10.3. The average molecular weight is 422 g/mol. The smallest absolute Gasteiger partial charge is 0.298 e. The Morgan fingerprint density at radius 2 is 1.80 bits per heavy atom.